The van der Waals surface area contributed by atoms with Gasteiger partial charge in [-0.1, -0.05) is 23.7 Å². The van der Waals surface area contributed by atoms with Crippen molar-refractivity contribution in [2.45, 2.75) is 0 Å². The Labute approximate surface area is 188 Å². The summed E-state index contributed by atoms with van der Waals surface area (Å²) in [5.74, 6) is 2.37. The molecular formula is C22H19ClN4O3S. The van der Waals surface area contributed by atoms with Gasteiger partial charge in [0.25, 0.3) is 0 Å². The number of aromatic nitrogens is 2. The van der Waals surface area contributed by atoms with Crippen LogP contribution in [0.5, 0.6) is 17.2 Å². The highest BCUT2D eigenvalue weighted by atomic mass is 35.5. The molecule has 4 rings (SSSR count). The Morgan fingerprint density at radius 3 is 2.39 bits per heavy atom. The van der Waals surface area contributed by atoms with Crippen molar-refractivity contribution in [3.8, 4) is 28.4 Å². The van der Waals surface area contributed by atoms with Crippen LogP contribution in [-0.4, -0.2) is 37.5 Å². The standard InChI is InChI=1S/C22H19ClN4O3S/c1-28-17-9-19(30-3)18(29-2)8-14(17)10-26-27-21-20-16(11-31-22(20)25-12-24-21)13-4-6-15(23)7-5-13/h4-12H,1-3H3,(H,24,25,27). The van der Waals surface area contributed by atoms with Crippen LogP contribution in [0.2, 0.25) is 5.02 Å². The van der Waals surface area contributed by atoms with Gasteiger partial charge in [0, 0.05) is 27.6 Å². The SMILES string of the molecule is COc1cc(OC)c(OC)cc1C=NNc1ncnc2scc(-c3ccc(Cl)cc3)c12. The predicted octanol–water partition coefficient (Wildman–Crippen LogP) is 5.48. The number of nitrogens with zero attached hydrogens (tertiary/aromatic N) is 3. The summed E-state index contributed by atoms with van der Waals surface area (Å²) in [6.07, 6.45) is 3.16. The predicted molar refractivity (Wildman–Crippen MR) is 125 cm³/mol. The van der Waals surface area contributed by atoms with E-state index in [1.165, 1.54) is 6.33 Å². The van der Waals surface area contributed by atoms with E-state index in [2.05, 4.69) is 25.9 Å². The molecule has 0 saturated heterocycles. The molecule has 158 valence electrons. The Balaban J connectivity index is 1.68. The molecule has 2 aromatic carbocycles. The van der Waals surface area contributed by atoms with Crippen LogP contribution < -0.4 is 19.6 Å². The van der Waals surface area contributed by atoms with Crippen molar-refractivity contribution >= 4 is 45.2 Å². The summed E-state index contributed by atoms with van der Waals surface area (Å²) in [6, 6.07) is 11.2. The molecule has 0 aliphatic carbocycles. The highest BCUT2D eigenvalue weighted by molar-refractivity contribution is 7.17. The summed E-state index contributed by atoms with van der Waals surface area (Å²) in [7, 11) is 4.74. The van der Waals surface area contributed by atoms with Crippen LogP contribution in [0.3, 0.4) is 0 Å². The first kappa shape index (κ1) is 20.9. The third-order valence-corrected chi connectivity index (χ3v) is 5.77. The number of benzene rings is 2. The molecule has 4 aromatic rings. The molecule has 0 aliphatic rings. The molecule has 0 aliphatic heterocycles. The zero-order valence-corrected chi connectivity index (χ0v) is 18.6. The van der Waals surface area contributed by atoms with Gasteiger partial charge in [0.05, 0.1) is 32.9 Å². The Kier molecular flexibility index (Phi) is 6.20. The van der Waals surface area contributed by atoms with Gasteiger partial charge in [-0.25, -0.2) is 9.97 Å². The third kappa shape index (κ3) is 4.26. The molecule has 2 aromatic heterocycles. The number of methoxy groups -OCH3 is 3. The zero-order valence-electron chi connectivity index (χ0n) is 17.0. The number of fused-ring (bicyclic) bond motifs is 1. The van der Waals surface area contributed by atoms with Crippen molar-refractivity contribution in [2.75, 3.05) is 26.8 Å². The molecule has 7 nitrogen and oxygen atoms in total. The van der Waals surface area contributed by atoms with Gasteiger partial charge in [-0.15, -0.1) is 11.3 Å². The Morgan fingerprint density at radius 1 is 0.968 bits per heavy atom. The minimum atomic E-state index is 0.577. The Bertz CT molecular complexity index is 1240. The van der Waals surface area contributed by atoms with Crippen molar-refractivity contribution in [1.29, 1.82) is 0 Å². The molecule has 9 heteroatoms. The second kappa shape index (κ2) is 9.20. The smallest absolute Gasteiger partial charge is 0.164 e. The second-order valence-corrected chi connectivity index (χ2v) is 7.67. The van der Waals surface area contributed by atoms with E-state index in [9.17, 15) is 0 Å². The summed E-state index contributed by atoms with van der Waals surface area (Å²) in [5, 5.41) is 8.00. The van der Waals surface area contributed by atoms with Gasteiger partial charge in [-0.3, -0.25) is 5.43 Å². The van der Waals surface area contributed by atoms with E-state index in [-0.39, 0.29) is 0 Å². The number of hydrogen-bond acceptors (Lipinski definition) is 8. The number of anilines is 1. The molecule has 0 radical (unpaired) electrons. The van der Waals surface area contributed by atoms with Crippen LogP contribution in [0.15, 0.2) is 53.2 Å². The molecule has 1 N–H and O–H groups in total. The molecular weight excluding hydrogens is 436 g/mol. The van der Waals surface area contributed by atoms with Crippen molar-refractivity contribution in [2.24, 2.45) is 5.10 Å². The van der Waals surface area contributed by atoms with Crippen LogP contribution in [0, 0.1) is 0 Å². The molecule has 31 heavy (non-hydrogen) atoms. The summed E-state index contributed by atoms with van der Waals surface area (Å²) in [6.45, 7) is 0. The summed E-state index contributed by atoms with van der Waals surface area (Å²) in [5.41, 5.74) is 5.80. The first-order valence-corrected chi connectivity index (χ1v) is 10.5. The Hall–Kier alpha value is -3.36. The molecule has 0 saturated carbocycles. The quantitative estimate of drug-likeness (QED) is 0.294. The largest absolute Gasteiger partial charge is 0.496 e. The summed E-state index contributed by atoms with van der Waals surface area (Å²) >= 11 is 7.58. The normalized spacial score (nSPS) is 11.1. The van der Waals surface area contributed by atoms with E-state index in [0.717, 1.165) is 26.9 Å². The van der Waals surface area contributed by atoms with Gasteiger partial charge >= 0.3 is 0 Å². The summed E-state index contributed by atoms with van der Waals surface area (Å²) < 4.78 is 16.1. The third-order valence-electron chi connectivity index (χ3n) is 4.64. The first-order valence-electron chi connectivity index (χ1n) is 9.21. The number of halogens is 1. The maximum Gasteiger partial charge on any atom is 0.164 e. The number of rotatable bonds is 7. The van der Waals surface area contributed by atoms with E-state index < -0.39 is 0 Å². The van der Waals surface area contributed by atoms with Gasteiger partial charge in [-0.05, 0) is 23.8 Å². The first-order chi connectivity index (χ1) is 15.1. The number of thiophene rings is 1. The van der Waals surface area contributed by atoms with E-state index in [4.69, 9.17) is 25.8 Å². The molecule has 2 heterocycles. The van der Waals surface area contributed by atoms with Gasteiger partial charge in [-0.2, -0.15) is 5.10 Å². The zero-order chi connectivity index (χ0) is 21.8. The monoisotopic (exact) mass is 454 g/mol. The number of hydrogen-bond donors (Lipinski definition) is 1. The van der Waals surface area contributed by atoms with E-state index >= 15 is 0 Å². The van der Waals surface area contributed by atoms with Crippen LogP contribution in [0.1, 0.15) is 5.56 Å². The van der Waals surface area contributed by atoms with Crippen molar-refractivity contribution in [1.82, 2.24) is 9.97 Å². The van der Waals surface area contributed by atoms with Crippen molar-refractivity contribution in [3.05, 3.63) is 58.7 Å². The molecule has 0 fully saturated rings. The number of ether oxygens (including phenoxy) is 3. The Morgan fingerprint density at radius 2 is 1.68 bits per heavy atom. The topological polar surface area (TPSA) is 77.9 Å². The summed E-state index contributed by atoms with van der Waals surface area (Å²) in [4.78, 5) is 9.63. The van der Waals surface area contributed by atoms with Gasteiger partial charge in [0.2, 0.25) is 0 Å². The van der Waals surface area contributed by atoms with Crippen molar-refractivity contribution in [3.63, 3.8) is 0 Å². The molecule has 0 spiro atoms. The minimum absolute atomic E-state index is 0.577. The highest BCUT2D eigenvalue weighted by Crippen LogP contribution is 2.37. The maximum absolute atomic E-state index is 6.03. The van der Waals surface area contributed by atoms with E-state index in [1.54, 1.807) is 51.0 Å². The minimum Gasteiger partial charge on any atom is -0.496 e. The number of hydrazone groups is 1. The number of nitrogens with one attached hydrogen (secondary N) is 1. The fourth-order valence-corrected chi connectivity index (χ4v) is 4.16. The van der Waals surface area contributed by atoms with Crippen LogP contribution in [-0.2, 0) is 0 Å². The van der Waals surface area contributed by atoms with E-state index in [1.807, 2.05) is 24.3 Å². The average Bonchev–Trinajstić information content (AvgIpc) is 3.24. The van der Waals surface area contributed by atoms with Gasteiger partial charge in [0.15, 0.2) is 17.3 Å². The van der Waals surface area contributed by atoms with Crippen molar-refractivity contribution < 1.29 is 14.2 Å². The second-order valence-electron chi connectivity index (χ2n) is 6.38. The van der Waals surface area contributed by atoms with E-state index in [0.29, 0.717) is 28.1 Å². The molecule has 0 bridgehead atoms. The van der Waals surface area contributed by atoms with Crippen LogP contribution in [0.4, 0.5) is 5.82 Å². The lowest BCUT2D eigenvalue weighted by Crippen LogP contribution is -1.99. The lowest BCUT2D eigenvalue weighted by atomic mass is 10.1. The maximum atomic E-state index is 6.03. The average molecular weight is 455 g/mol. The fourth-order valence-electron chi connectivity index (χ4n) is 3.12. The lowest BCUT2D eigenvalue weighted by molar-refractivity contribution is 0.349. The van der Waals surface area contributed by atoms with Crippen LogP contribution in [0.25, 0.3) is 21.3 Å². The van der Waals surface area contributed by atoms with Gasteiger partial charge in [0.1, 0.15) is 16.9 Å². The van der Waals surface area contributed by atoms with Gasteiger partial charge < -0.3 is 14.2 Å². The lowest BCUT2D eigenvalue weighted by Gasteiger charge is -2.11. The highest BCUT2D eigenvalue weighted by Gasteiger charge is 2.14. The molecule has 0 atom stereocenters. The molecule has 0 unspecified atom stereocenters. The molecule has 0 amide bonds. The van der Waals surface area contributed by atoms with Crippen LogP contribution >= 0.6 is 22.9 Å². The fraction of sp³-hybridized carbons (Fsp3) is 0.136.